The van der Waals surface area contributed by atoms with E-state index < -0.39 is 5.54 Å². The lowest BCUT2D eigenvalue weighted by Gasteiger charge is -2.20. The lowest BCUT2D eigenvalue weighted by atomic mass is 9.98. The molecule has 1 heterocycles. The van der Waals surface area contributed by atoms with E-state index in [4.69, 9.17) is 4.74 Å². The van der Waals surface area contributed by atoms with Crippen LogP contribution in [0.3, 0.4) is 0 Å². The first-order chi connectivity index (χ1) is 10.1. The van der Waals surface area contributed by atoms with E-state index in [1.54, 1.807) is 0 Å². The van der Waals surface area contributed by atoms with Crippen LogP contribution in [-0.4, -0.2) is 35.5 Å². The molecule has 1 saturated carbocycles. The highest BCUT2D eigenvalue weighted by molar-refractivity contribution is 9.10. The van der Waals surface area contributed by atoms with Crippen molar-refractivity contribution in [1.29, 1.82) is 0 Å². The first-order valence-corrected chi connectivity index (χ1v) is 7.92. The molecule has 1 aromatic rings. The second kappa shape index (κ2) is 5.67. The first-order valence-electron chi connectivity index (χ1n) is 7.13. The van der Waals surface area contributed by atoms with Gasteiger partial charge in [-0.25, -0.2) is 4.79 Å². The monoisotopic (exact) mass is 352 g/mol. The Bertz CT molecular complexity index is 570. The SMILES string of the molecule is O=C1NC2(CCCC2)C(=O)N1CCOc1cccc(Br)c1. The molecule has 1 saturated heterocycles. The number of carbonyl (C=O) groups excluding carboxylic acids is 2. The molecule has 1 N–H and O–H groups in total. The van der Waals surface area contributed by atoms with Crippen molar-refractivity contribution in [3.63, 3.8) is 0 Å². The Labute approximate surface area is 131 Å². The molecule has 0 bridgehead atoms. The average Bonchev–Trinajstić information content (AvgIpc) is 3.00. The first kappa shape index (κ1) is 14.4. The van der Waals surface area contributed by atoms with Crippen molar-refractivity contribution in [1.82, 2.24) is 10.2 Å². The number of hydrogen-bond acceptors (Lipinski definition) is 3. The summed E-state index contributed by atoms with van der Waals surface area (Å²) >= 11 is 3.37. The molecule has 3 rings (SSSR count). The van der Waals surface area contributed by atoms with Gasteiger partial charge < -0.3 is 10.1 Å². The second-order valence-corrected chi connectivity index (χ2v) is 6.40. The summed E-state index contributed by atoms with van der Waals surface area (Å²) in [4.78, 5) is 25.7. The van der Waals surface area contributed by atoms with Crippen molar-refractivity contribution >= 4 is 27.9 Å². The zero-order chi connectivity index (χ0) is 14.9. The van der Waals surface area contributed by atoms with Gasteiger partial charge in [0.1, 0.15) is 17.9 Å². The van der Waals surface area contributed by atoms with E-state index in [2.05, 4.69) is 21.2 Å². The number of nitrogens with one attached hydrogen (secondary N) is 1. The summed E-state index contributed by atoms with van der Waals surface area (Å²) < 4.78 is 6.52. The quantitative estimate of drug-likeness (QED) is 0.847. The van der Waals surface area contributed by atoms with Crippen molar-refractivity contribution in [3.8, 4) is 5.75 Å². The van der Waals surface area contributed by atoms with Crippen LogP contribution in [0.15, 0.2) is 28.7 Å². The molecule has 3 amide bonds. The zero-order valence-electron chi connectivity index (χ0n) is 11.6. The fourth-order valence-electron chi connectivity index (χ4n) is 3.01. The normalized spacial score (nSPS) is 20.1. The molecule has 0 aromatic heterocycles. The second-order valence-electron chi connectivity index (χ2n) is 5.48. The third kappa shape index (κ3) is 2.77. The van der Waals surface area contributed by atoms with E-state index >= 15 is 0 Å². The highest BCUT2D eigenvalue weighted by Gasteiger charge is 2.52. The highest BCUT2D eigenvalue weighted by atomic mass is 79.9. The topological polar surface area (TPSA) is 58.6 Å². The van der Waals surface area contributed by atoms with E-state index in [1.807, 2.05) is 24.3 Å². The minimum atomic E-state index is -0.632. The smallest absolute Gasteiger partial charge is 0.325 e. The third-order valence-corrected chi connectivity index (χ3v) is 4.58. The maximum atomic E-state index is 12.4. The van der Waals surface area contributed by atoms with E-state index in [1.165, 1.54) is 4.90 Å². The number of urea groups is 1. The molecule has 0 radical (unpaired) electrons. The maximum Gasteiger partial charge on any atom is 0.325 e. The van der Waals surface area contributed by atoms with Crippen molar-refractivity contribution < 1.29 is 14.3 Å². The van der Waals surface area contributed by atoms with Crippen LogP contribution in [0.4, 0.5) is 4.79 Å². The number of rotatable bonds is 4. The molecule has 1 aromatic carbocycles. The van der Waals surface area contributed by atoms with Gasteiger partial charge in [0, 0.05) is 4.47 Å². The summed E-state index contributed by atoms with van der Waals surface area (Å²) in [5.41, 5.74) is -0.632. The number of hydrogen-bond donors (Lipinski definition) is 1. The average molecular weight is 353 g/mol. The zero-order valence-corrected chi connectivity index (χ0v) is 13.2. The Morgan fingerprint density at radius 1 is 1.29 bits per heavy atom. The van der Waals surface area contributed by atoms with Crippen molar-refractivity contribution in [3.05, 3.63) is 28.7 Å². The lowest BCUT2D eigenvalue weighted by Crippen LogP contribution is -2.44. The van der Waals surface area contributed by atoms with Gasteiger partial charge in [-0.15, -0.1) is 0 Å². The summed E-state index contributed by atoms with van der Waals surface area (Å²) in [6.45, 7) is 0.574. The molecule has 1 aliphatic heterocycles. The number of carbonyl (C=O) groups is 2. The molecule has 0 unspecified atom stereocenters. The maximum absolute atomic E-state index is 12.4. The van der Waals surface area contributed by atoms with E-state index in [0.29, 0.717) is 12.4 Å². The van der Waals surface area contributed by atoms with Gasteiger partial charge in [0.05, 0.1) is 6.54 Å². The van der Waals surface area contributed by atoms with Crippen LogP contribution in [0, 0.1) is 0 Å². The van der Waals surface area contributed by atoms with Crippen LogP contribution in [0.1, 0.15) is 25.7 Å². The minimum absolute atomic E-state index is 0.0946. The third-order valence-electron chi connectivity index (χ3n) is 4.08. The summed E-state index contributed by atoms with van der Waals surface area (Å²) in [7, 11) is 0. The van der Waals surface area contributed by atoms with Crippen LogP contribution < -0.4 is 10.1 Å². The number of nitrogens with zero attached hydrogens (tertiary/aromatic N) is 1. The van der Waals surface area contributed by atoms with E-state index in [9.17, 15) is 9.59 Å². The van der Waals surface area contributed by atoms with Gasteiger partial charge >= 0.3 is 6.03 Å². The van der Waals surface area contributed by atoms with Gasteiger partial charge in [0.15, 0.2) is 0 Å². The Kier molecular flexibility index (Phi) is 3.89. The molecule has 1 aliphatic carbocycles. The molecule has 1 spiro atoms. The highest BCUT2D eigenvalue weighted by Crippen LogP contribution is 2.34. The number of halogens is 1. The van der Waals surface area contributed by atoms with Crippen LogP contribution in [0.2, 0.25) is 0 Å². The minimum Gasteiger partial charge on any atom is -0.492 e. The van der Waals surface area contributed by atoms with Gasteiger partial charge in [-0.2, -0.15) is 0 Å². The Morgan fingerprint density at radius 3 is 2.76 bits per heavy atom. The summed E-state index contributed by atoms with van der Waals surface area (Å²) in [5, 5.41) is 2.86. The molecular weight excluding hydrogens is 336 g/mol. The van der Waals surface area contributed by atoms with Crippen molar-refractivity contribution in [2.75, 3.05) is 13.2 Å². The molecule has 5 nitrogen and oxygen atoms in total. The molecule has 21 heavy (non-hydrogen) atoms. The van der Waals surface area contributed by atoms with Gasteiger partial charge in [0.2, 0.25) is 0 Å². The van der Waals surface area contributed by atoms with E-state index in [-0.39, 0.29) is 18.5 Å². The predicted molar refractivity (Wildman–Crippen MR) is 81.1 cm³/mol. The predicted octanol–water partition coefficient (Wildman–Crippen LogP) is 2.69. The van der Waals surface area contributed by atoms with Gasteiger partial charge in [0.25, 0.3) is 5.91 Å². The van der Waals surface area contributed by atoms with Gasteiger partial charge in [-0.05, 0) is 31.0 Å². The number of benzene rings is 1. The summed E-state index contributed by atoms with van der Waals surface area (Å²) in [5.74, 6) is 0.620. The van der Waals surface area contributed by atoms with Crippen LogP contribution in [-0.2, 0) is 4.79 Å². The molecular formula is C15H17BrN2O3. The molecule has 112 valence electrons. The summed E-state index contributed by atoms with van der Waals surface area (Å²) in [6, 6.07) is 7.19. The largest absolute Gasteiger partial charge is 0.492 e. The van der Waals surface area contributed by atoms with Crippen molar-refractivity contribution in [2.45, 2.75) is 31.2 Å². The fourth-order valence-corrected chi connectivity index (χ4v) is 3.39. The van der Waals surface area contributed by atoms with E-state index in [0.717, 1.165) is 30.2 Å². The summed E-state index contributed by atoms with van der Waals surface area (Å²) in [6.07, 6.45) is 3.49. The van der Waals surface area contributed by atoms with Crippen LogP contribution in [0.5, 0.6) is 5.75 Å². The number of imide groups is 1. The number of amides is 3. The molecule has 2 aliphatic rings. The Hall–Kier alpha value is -1.56. The van der Waals surface area contributed by atoms with Gasteiger partial charge in [-0.3, -0.25) is 9.69 Å². The van der Waals surface area contributed by atoms with Crippen molar-refractivity contribution in [2.24, 2.45) is 0 Å². The molecule has 0 atom stereocenters. The Morgan fingerprint density at radius 2 is 2.05 bits per heavy atom. The lowest BCUT2D eigenvalue weighted by molar-refractivity contribution is -0.131. The molecule has 6 heteroatoms. The van der Waals surface area contributed by atoms with Crippen LogP contribution in [0.25, 0.3) is 0 Å². The molecule has 2 fully saturated rings. The van der Waals surface area contributed by atoms with Gasteiger partial charge in [-0.1, -0.05) is 34.8 Å². The standard InChI is InChI=1S/C15H17BrN2O3/c16-11-4-3-5-12(10-11)21-9-8-18-13(19)15(17-14(18)20)6-1-2-7-15/h3-5,10H,1-2,6-9H2,(H,17,20). The fraction of sp³-hybridized carbons (Fsp3) is 0.467. The number of ether oxygens (including phenoxy) is 1. The van der Waals surface area contributed by atoms with Crippen LogP contribution >= 0.6 is 15.9 Å². The Balaban J connectivity index is 1.58.